The zero-order chi connectivity index (χ0) is 6.69. The molecular formula is C5H4INO2. The summed E-state index contributed by atoms with van der Waals surface area (Å²) in [6, 6.07) is 3.51. The molecule has 1 heterocycles. The van der Waals surface area contributed by atoms with Crippen LogP contribution in [0.1, 0.15) is 5.76 Å². The minimum Gasteiger partial charge on any atom is -0.449 e. The number of hydrogen-bond donors (Lipinski definition) is 1. The van der Waals surface area contributed by atoms with Gasteiger partial charge in [-0.2, -0.15) is 0 Å². The van der Waals surface area contributed by atoms with Gasteiger partial charge in [0.2, 0.25) is 0 Å². The van der Waals surface area contributed by atoms with E-state index in [0.717, 1.165) is 3.77 Å². The van der Waals surface area contributed by atoms with E-state index in [0.29, 0.717) is 5.76 Å². The molecule has 0 aliphatic heterocycles. The first kappa shape index (κ1) is 6.60. The maximum atomic E-state index is 8.04. The molecule has 0 amide bonds. The zero-order valence-electron chi connectivity index (χ0n) is 4.41. The molecule has 3 nitrogen and oxygen atoms in total. The van der Waals surface area contributed by atoms with E-state index in [1.807, 2.05) is 22.6 Å². The van der Waals surface area contributed by atoms with E-state index in [9.17, 15) is 0 Å². The van der Waals surface area contributed by atoms with Crippen LogP contribution in [0.5, 0.6) is 0 Å². The monoisotopic (exact) mass is 237 g/mol. The molecular weight excluding hydrogens is 233 g/mol. The first-order chi connectivity index (χ1) is 4.33. The van der Waals surface area contributed by atoms with Crippen molar-refractivity contribution in [3.8, 4) is 0 Å². The Labute approximate surface area is 65.5 Å². The minimum absolute atomic E-state index is 0.557. The summed E-state index contributed by atoms with van der Waals surface area (Å²) in [4.78, 5) is 0. The van der Waals surface area contributed by atoms with Crippen LogP contribution in [0.25, 0.3) is 0 Å². The topological polar surface area (TPSA) is 45.7 Å². The van der Waals surface area contributed by atoms with Gasteiger partial charge < -0.3 is 9.62 Å². The summed E-state index contributed by atoms with van der Waals surface area (Å²) in [7, 11) is 0. The lowest BCUT2D eigenvalue weighted by molar-refractivity contribution is 0.320. The van der Waals surface area contributed by atoms with Gasteiger partial charge in [-0.3, -0.25) is 0 Å². The highest BCUT2D eigenvalue weighted by Crippen LogP contribution is 2.07. The third-order valence-electron chi connectivity index (χ3n) is 0.779. The summed E-state index contributed by atoms with van der Waals surface area (Å²) in [6.07, 6.45) is 1.24. The normalized spacial score (nSPS) is 10.8. The van der Waals surface area contributed by atoms with Crippen molar-refractivity contribution in [1.82, 2.24) is 0 Å². The number of hydrogen-bond acceptors (Lipinski definition) is 3. The first-order valence-electron chi connectivity index (χ1n) is 2.25. The van der Waals surface area contributed by atoms with Crippen LogP contribution >= 0.6 is 22.6 Å². The van der Waals surface area contributed by atoms with Crippen LogP contribution in [0.4, 0.5) is 0 Å². The largest absolute Gasteiger partial charge is 0.449 e. The quantitative estimate of drug-likeness (QED) is 0.349. The molecule has 9 heavy (non-hydrogen) atoms. The molecule has 0 aromatic carbocycles. The number of rotatable bonds is 1. The van der Waals surface area contributed by atoms with Gasteiger partial charge in [-0.05, 0) is 34.7 Å². The number of nitrogens with zero attached hydrogens (tertiary/aromatic N) is 1. The Hall–Kier alpha value is -0.520. The van der Waals surface area contributed by atoms with Crippen molar-refractivity contribution in [2.24, 2.45) is 5.16 Å². The molecule has 0 aliphatic rings. The standard InChI is InChI=1S/C5H4INO2/c6-5-2-1-4(9-5)3-7-8/h1-3,8H/b7-3-. The fraction of sp³-hybridized carbons (Fsp3) is 0. The number of furan rings is 1. The van der Waals surface area contributed by atoms with Gasteiger partial charge in [-0.15, -0.1) is 0 Å². The van der Waals surface area contributed by atoms with Gasteiger partial charge in [0.1, 0.15) is 12.0 Å². The lowest BCUT2D eigenvalue weighted by atomic mass is 10.5. The summed E-state index contributed by atoms with van der Waals surface area (Å²) in [5, 5.41) is 10.8. The van der Waals surface area contributed by atoms with Crippen molar-refractivity contribution in [3.63, 3.8) is 0 Å². The Balaban J connectivity index is 2.85. The lowest BCUT2D eigenvalue weighted by Gasteiger charge is -1.77. The van der Waals surface area contributed by atoms with Crippen molar-refractivity contribution in [1.29, 1.82) is 0 Å². The SMILES string of the molecule is O/N=C\c1ccc(I)o1. The Morgan fingerprint density at radius 3 is 2.89 bits per heavy atom. The van der Waals surface area contributed by atoms with E-state index in [1.54, 1.807) is 12.1 Å². The van der Waals surface area contributed by atoms with Crippen LogP contribution in [0.15, 0.2) is 21.7 Å². The third kappa shape index (κ3) is 1.70. The number of oxime groups is 1. The average Bonchev–Trinajstić information content (AvgIpc) is 2.17. The fourth-order valence-electron chi connectivity index (χ4n) is 0.455. The van der Waals surface area contributed by atoms with E-state index >= 15 is 0 Å². The molecule has 0 atom stereocenters. The molecule has 0 aliphatic carbocycles. The highest BCUT2D eigenvalue weighted by molar-refractivity contribution is 14.1. The van der Waals surface area contributed by atoms with Gasteiger partial charge in [-0.1, -0.05) is 5.16 Å². The lowest BCUT2D eigenvalue weighted by Crippen LogP contribution is -1.71. The second-order valence-electron chi connectivity index (χ2n) is 1.39. The van der Waals surface area contributed by atoms with Crippen molar-refractivity contribution in [3.05, 3.63) is 21.7 Å². The maximum Gasteiger partial charge on any atom is 0.164 e. The Morgan fingerprint density at radius 1 is 1.67 bits per heavy atom. The summed E-state index contributed by atoms with van der Waals surface area (Å²) in [5.74, 6) is 0.557. The molecule has 0 saturated carbocycles. The second kappa shape index (κ2) is 2.86. The van der Waals surface area contributed by atoms with Gasteiger partial charge in [0, 0.05) is 0 Å². The van der Waals surface area contributed by atoms with Crippen LogP contribution in [0, 0.1) is 3.77 Å². The fourth-order valence-corrected chi connectivity index (χ4v) is 0.889. The smallest absolute Gasteiger partial charge is 0.164 e. The Kier molecular flexibility index (Phi) is 2.10. The average molecular weight is 237 g/mol. The van der Waals surface area contributed by atoms with E-state index in [-0.39, 0.29) is 0 Å². The summed E-state index contributed by atoms with van der Waals surface area (Å²) < 4.78 is 5.78. The molecule has 0 radical (unpaired) electrons. The first-order valence-corrected chi connectivity index (χ1v) is 3.33. The molecule has 0 fully saturated rings. The van der Waals surface area contributed by atoms with Gasteiger partial charge in [0.05, 0.1) is 0 Å². The van der Waals surface area contributed by atoms with Crippen molar-refractivity contribution >= 4 is 28.8 Å². The molecule has 4 heteroatoms. The molecule has 0 bridgehead atoms. The predicted molar refractivity (Wildman–Crippen MR) is 40.8 cm³/mol. The maximum absolute atomic E-state index is 8.04. The van der Waals surface area contributed by atoms with Crippen LogP contribution < -0.4 is 0 Å². The van der Waals surface area contributed by atoms with Crippen LogP contribution in [-0.2, 0) is 0 Å². The summed E-state index contributed by atoms with van der Waals surface area (Å²) in [5.41, 5.74) is 0. The Bertz CT molecular complexity index is 218. The van der Waals surface area contributed by atoms with Crippen molar-refractivity contribution < 1.29 is 9.62 Å². The highest BCUT2D eigenvalue weighted by atomic mass is 127. The van der Waals surface area contributed by atoms with Gasteiger partial charge in [0.15, 0.2) is 3.77 Å². The highest BCUT2D eigenvalue weighted by Gasteiger charge is 1.92. The summed E-state index contributed by atoms with van der Waals surface area (Å²) in [6.45, 7) is 0. The van der Waals surface area contributed by atoms with E-state index < -0.39 is 0 Å². The molecule has 1 aromatic heterocycles. The van der Waals surface area contributed by atoms with Crippen molar-refractivity contribution in [2.45, 2.75) is 0 Å². The van der Waals surface area contributed by atoms with Crippen LogP contribution in [0.2, 0.25) is 0 Å². The molecule has 48 valence electrons. The van der Waals surface area contributed by atoms with Gasteiger partial charge >= 0.3 is 0 Å². The molecule has 0 saturated heterocycles. The second-order valence-corrected chi connectivity index (χ2v) is 2.45. The van der Waals surface area contributed by atoms with E-state index in [1.165, 1.54) is 6.21 Å². The van der Waals surface area contributed by atoms with E-state index in [2.05, 4.69) is 5.16 Å². The number of halogens is 1. The van der Waals surface area contributed by atoms with Crippen molar-refractivity contribution in [2.75, 3.05) is 0 Å². The third-order valence-corrected chi connectivity index (χ3v) is 1.36. The van der Waals surface area contributed by atoms with Crippen LogP contribution in [-0.4, -0.2) is 11.4 Å². The van der Waals surface area contributed by atoms with E-state index in [4.69, 9.17) is 9.62 Å². The molecule has 1 rings (SSSR count). The van der Waals surface area contributed by atoms with Gasteiger partial charge in [0.25, 0.3) is 0 Å². The predicted octanol–water partition coefficient (Wildman–Crippen LogP) is 1.69. The zero-order valence-corrected chi connectivity index (χ0v) is 6.57. The Morgan fingerprint density at radius 2 is 2.44 bits per heavy atom. The van der Waals surface area contributed by atoms with Crippen LogP contribution in [0.3, 0.4) is 0 Å². The summed E-state index contributed by atoms with van der Waals surface area (Å²) >= 11 is 2.03. The minimum atomic E-state index is 0.557. The molecule has 1 N–H and O–H groups in total. The molecule has 1 aromatic rings. The van der Waals surface area contributed by atoms with Gasteiger partial charge in [-0.25, -0.2) is 0 Å². The molecule has 0 unspecified atom stereocenters. The molecule has 0 spiro atoms.